The number of carbonyl (C=O) groups excluding carboxylic acids is 2. The van der Waals surface area contributed by atoms with Crippen LogP contribution in [0, 0.1) is 6.92 Å². The van der Waals surface area contributed by atoms with E-state index >= 15 is 0 Å². The number of aryl methyl sites for hydroxylation is 1. The maximum Gasteiger partial charge on any atom is 0.450 e. The predicted molar refractivity (Wildman–Crippen MR) is 73.9 cm³/mol. The van der Waals surface area contributed by atoms with Crippen molar-refractivity contribution in [2.75, 3.05) is 10.8 Å². The standard InChI is InChI=1S/C13H19N3O4/c1-8-6-7-10(14)15-11(8)16(20-9(2)17)12(18)19-13(3,4)5/h6-7H,1-5H3,(H2,14,15). The minimum atomic E-state index is -0.839. The summed E-state index contributed by atoms with van der Waals surface area (Å²) in [6.07, 6.45) is -0.839. The van der Waals surface area contributed by atoms with E-state index in [-0.39, 0.29) is 11.6 Å². The van der Waals surface area contributed by atoms with Crippen LogP contribution >= 0.6 is 0 Å². The molecule has 0 atom stereocenters. The van der Waals surface area contributed by atoms with E-state index in [1.54, 1.807) is 39.8 Å². The minimum Gasteiger partial charge on any atom is -0.441 e. The Labute approximate surface area is 117 Å². The number of nitrogens with zero attached hydrogens (tertiary/aromatic N) is 2. The number of rotatable bonds is 1. The van der Waals surface area contributed by atoms with Gasteiger partial charge in [-0.1, -0.05) is 11.1 Å². The Kier molecular flexibility index (Phi) is 4.54. The molecule has 1 amide bonds. The van der Waals surface area contributed by atoms with Crippen LogP contribution in [0.3, 0.4) is 0 Å². The highest BCUT2D eigenvalue weighted by atomic mass is 16.8. The van der Waals surface area contributed by atoms with Crippen molar-refractivity contribution in [1.29, 1.82) is 0 Å². The van der Waals surface area contributed by atoms with Crippen LogP contribution in [-0.4, -0.2) is 22.6 Å². The van der Waals surface area contributed by atoms with E-state index in [9.17, 15) is 9.59 Å². The molecule has 0 bridgehead atoms. The van der Waals surface area contributed by atoms with Gasteiger partial charge in [-0.05, 0) is 39.3 Å². The predicted octanol–water partition coefficient (Wildman–Crippen LogP) is 2.19. The molecule has 1 aromatic rings. The summed E-state index contributed by atoms with van der Waals surface area (Å²) in [5.41, 5.74) is 5.48. The third kappa shape index (κ3) is 4.42. The molecule has 0 fully saturated rings. The Bertz CT molecular complexity index is 523. The van der Waals surface area contributed by atoms with Gasteiger partial charge in [0.2, 0.25) is 0 Å². The zero-order valence-electron chi connectivity index (χ0n) is 12.3. The highest BCUT2D eigenvalue weighted by molar-refractivity contribution is 5.88. The smallest absolute Gasteiger partial charge is 0.441 e. The average molecular weight is 281 g/mol. The van der Waals surface area contributed by atoms with E-state index in [4.69, 9.17) is 15.3 Å². The Morgan fingerprint density at radius 1 is 1.30 bits per heavy atom. The van der Waals surface area contributed by atoms with Gasteiger partial charge in [-0.3, -0.25) is 0 Å². The fraction of sp³-hybridized carbons (Fsp3) is 0.462. The van der Waals surface area contributed by atoms with Gasteiger partial charge in [-0.25, -0.2) is 14.6 Å². The fourth-order valence-corrected chi connectivity index (χ4v) is 1.34. The van der Waals surface area contributed by atoms with E-state index in [2.05, 4.69) is 4.98 Å². The number of hydroxylamine groups is 1. The van der Waals surface area contributed by atoms with Gasteiger partial charge in [0.15, 0.2) is 5.82 Å². The lowest BCUT2D eigenvalue weighted by Gasteiger charge is -2.25. The Morgan fingerprint density at radius 3 is 2.40 bits per heavy atom. The van der Waals surface area contributed by atoms with Crippen molar-refractivity contribution in [3.8, 4) is 0 Å². The average Bonchev–Trinajstić information content (AvgIpc) is 2.27. The summed E-state index contributed by atoms with van der Waals surface area (Å²) in [6, 6.07) is 3.25. The number of anilines is 2. The molecule has 0 aliphatic rings. The van der Waals surface area contributed by atoms with Crippen LogP contribution < -0.4 is 10.8 Å². The van der Waals surface area contributed by atoms with Crippen LogP contribution in [0.4, 0.5) is 16.4 Å². The molecular weight excluding hydrogens is 262 g/mol. The molecule has 7 heteroatoms. The molecule has 2 N–H and O–H groups in total. The molecule has 20 heavy (non-hydrogen) atoms. The number of nitrogen functional groups attached to an aromatic ring is 1. The third-order valence-electron chi connectivity index (χ3n) is 2.06. The number of aromatic nitrogens is 1. The Balaban J connectivity index is 3.15. The zero-order chi connectivity index (χ0) is 15.5. The number of hydrogen-bond donors (Lipinski definition) is 1. The molecule has 7 nitrogen and oxygen atoms in total. The number of ether oxygens (including phenoxy) is 1. The topological polar surface area (TPSA) is 94.8 Å². The van der Waals surface area contributed by atoms with Crippen LogP contribution in [0.5, 0.6) is 0 Å². The highest BCUT2D eigenvalue weighted by Gasteiger charge is 2.28. The lowest BCUT2D eigenvalue weighted by molar-refractivity contribution is -0.142. The Hall–Kier alpha value is -2.31. The van der Waals surface area contributed by atoms with Crippen molar-refractivity contribution in [2.24, 2.45) is 0 Å². The van der Waals surface area contributed by atoms with E-state index in [1.165, 1.54) is 6.92 Å². The second kappa shape index (κ2) is 5.77. The van der Waals surface area contributed by atoms with E-state index in [1.807, 2.05) is 0 Å². The van der Waals surface area contributed by atoms with Crippen molar-refractivity contribution < 1.29 is 19.2 Å². The largest absolute Gasteiger partial charge is 0.450 e. The van der Waals surface area contributed by atoms with Gasteiger partial charge in [0.25, 0.3) is 0 Å². The molecule has 0 saturated carbocycles. The van der Waals surface area contributed by atoms with Gasteiger partial charge >= 0.3 is 12.1 Å². The van der Waals surface area contributed by atoms with Crippen molar-refractivity contribution in [1.82, 2.24) is 4.98 Å². The molecule has 110 valence electrons. The van der Waals surface area contributed by atoms with E-state index in [0.29, 0.717) is 10.6 Å². The second-order valence-electron chi connectivity index (χ2n) is 5.23. The summed E-state index contributed by atoms with van der Waals surface area (Å²) in [5.74, 6) is -0.347. The monoisotopic (exact) mass is 281 g/mol. The van der Waals surface area contributed by atoms with Gasteiger partial charge in [0, 0.05) is 6.92 Å². The van der Waals surface area contributed by atoms with Crippen molar-refractivity contribution in [3.05, 3.63) is 17.7 Å². The summed E-state index contributed by atoms with van der Waals surface area (Å²) in [4.78, 5) is 32.2. The van der Waals surface area contributed by atoms with Crippen LogP contribution in [0.25, 0.3) is 0 Å². The molecule has 0 aliphatic heterocycles. The number of pyridine rings is 1. The van der Waals surface area contributed by atoms with E-state index in [0.717, 1.165) is 0 Å². The molecule has 0 aliphatic carbocycles. The first-order valence-corrected chi connectivity index (χ1v) is 6.05. The molecular formula is C13H19N3O4. The summed E-state index contributed by atoms with van der Waals surface area (Å²) in [6.45, 7) is 8.01. The molecule has 1 aromatic heterocycles. The van der Waals surface area contributed by atoms with Gasteiger partial charge in [-0.2, -0.15) is 0 Å². The van der Waals surface area contributed by atoms with E-state index < -0.39 is 17.7 Å². The van der Waals surface area contributed by atoms with Gasteiger partial charge < -0.3 is 15.3 Å². The van der Waals surface area contributed by atoms with Gasteiger partial charge in [-0.15, -0.1) is 0 Å². The summed E-state index contributed by atoms with van der Waals surface area (Å²) >= 11 is 0. The quantitative estimate of drug-likeness (QED) is 0.793. The summed E-state index contributed by atoms with van der Waals surface area (Å²) in [7, 11) is 0. The van der Waals surface area contributed by atoms with Crippen molar-refractivity contribution in [2.45, 2.75) is 40.2 Å². The molecule has 1 heterocycles. The fourth-order valence-electron chi connectivity index (χ4n) is 1.34. The maximum atomic E-state index is 12.1. The summed E-state index contributed by atoms with van der Waals surface area (Å²) < 4.78 is 5.18. The molecule has 0 saturated heterocycles. The molecule has 0 radical (unpaired) electrons. The number of carbonyl (C=O) groups is 2. The number of hydrogen-bond acceptors (Lipinski definition) is 6. The summed E-state index contributed by atoms with van der Waals surface area (Å²) in [5, 5.41) is 0.708. The normalized spacial score (nSPS) is 10.8. The van der Waals surface area contributed by atoms with Crippen LogP contribution in [-0.2, 0) is 14.4 Å². The third-order valence-corrected chi connectivity index (χ3v) is 2.06. The lowest BCUT2D eigenvalue weighted by atomic mass is 10.2. The van der Waals surface area contributed by atoms with Crippen molar-refractivity contribution >= 4 is 23.7 Å². The van der Waals surface area contributed by atoms with Crippen LogP contribution in [0.15, 0.2) is 12.1 Å². The van der Waals surface area contributed by atoms with Gasteiger partial charge in [0.05, 0.1) is 0 Å². The highest BCUT2D eigenvalue weighted by Crippen LogP contribution is 2.22. The second-order valence-corrected chi connectivity index (χ2v) is 5.23. The lowest BCUT2D eigenvalue weighted by Crippen LogP contribution is -2.39. The van der Waals surface area contributed by atoms with Gasteiger partial charge in [0.1, 0.15) is 11.4 Å². The minimum absolute atomic E-state index is 0.120. The first kappa shape index (κ1) is 15.7. The molecule has 0 aromatic carbocycles. The molecule has 0 spiro atoms. The molecule has 1 rings (SSSR count). The number of nitrogens with two attached hydrogens (primary N) is 1. The SMILES string of the molecule is CC(=O)ON(C(=O)OC(C)(C)C)c1nc(N)ccc1C. The first-order chi connectivity index (χ1) is 9.10. The zero-order valence-corrected chi connectivity index (χ0v) is 12.3. The van der Waals surface area contributed by atoms with Crippen LogP contribution in [0.2, 0.25) is 0 Å². The molecule has 0 unspecified atom stereocenters. The maximum absolute atomic E-state index is 12.1. The Morgan fingerprint density at radius 2 is 1.90 bits per heavy atom. The van der Waals surface area contributed by atoms with Crippen molar-refractivity contribution in [3.63, 3.8) is 0 Å². The first-order valence-electron chi connectivity index (χ1n) is 6.05. The number of amides is 1. The van der Waals surface area contributed by atoms with Crippen LogP contribution in [0.1, 0.15) is 33.3 Å².